The number of hydrogen-bond acceptors (Lipinski definition) is 5. The molecule has 0 unspecified atom stereocenters. The lowest BCUT2D eigenvalue weighted by Crippen LogP contribution is -2.42. The number of nitrogens with zero attached hydrogens (tertiary/aromatic N) is 2. The molecule has 1 aliphatic heterocycles. The summed E-state index contributed by atoms with van der Waals surface area (Å²) in [6, 6.07) is 17.1. The van der Waals surface area contributed by atoms with Crippen LogP contribution in [0.3, 0.4) is 0 Å². The fraction of sp³-hybridized carbons (Fsp3) is 0.483. The van der Waals surface area contributed by atoms with Gasteiger partial charge in [0.25, 0.3) is 0 Å². The Hall–Kier alpha value is -2.08. The number of hydrogen-bond donors (Lipinski definition) is 1. The number of rotatable bonds is 11. The molecule has 4 rings (SSSR count). The second-order valence-electron chi connectivity index (χ2n) is 9.55. The van der Waals surface area contributed by atoms with E-state index in [0.29, 0.717) is 18.4 Å². The highest BCUT2D eigenvalue weighted by molar-refractivity contribution is 7.99. The van der Waals surface area contributed by atoms with Crippen LogP contribution in [0.1, 0.15) is 36.8 Å². The van der Waals surface area contributed by atoms with Crippen LogP contribution in [0.5, 0.6) is 5.75 Å². The van der Waals surface area contributed by atoms with Crippen LogP contribution in [-0.4, -0.2) is 54.1 Å². The van der Waals surface area contributed by atoms with Gasteiger partial charge in [0.15, 0.2) is 0 Å². The van der Waals surface area contributed by atoms with Gasteiger partial charge in [-0.3, -0.25) is 4.98 Å². The van der Waals surface area contributed by atoms with E-state index >= 15 is 0 Å². The Morgan fingerprint density at radius 1 is 1.09 bits per heavy atom. The molecule has 2 heterocycles. The Balaban J connectivity index is 1.21. The Labute approximate surface area is 208 Å². The molecule has 1 saturated heterocycles. The first-order chi connectivity index (χ1) is 16.7. The van der Waals surface area contributed by atoms with E-state index in [4.69, 9.17) is 4.74 Å². The van der Waals surface area contributed by atoms with Crippen LogP contribution in [0.15, 0.2) is 59.6 Å². The maximum atomic E-state index is 10.1. The van der Waals surface area contributed by atoms with E-state index in [1.165, 1.54) is 40.7 Å². The first kappa shape index (κ1) is 25.0. The quantitative estimate of drug-likeness (QED) is 0.271. The van der Waals surface area contributed by atoms with Gasteiger partial charge in [-0.15, -0.1) is 11.8 Å². The molecule has 0 saturated carbocycles. The highest BCUT2D eigenvalue weighted by atomic mass is 32.2. The van der Waals surface area contributed by atoms with Gasteiger partial charge in [-0.1, -0.05) is 17.7 Å². The molecule has 1 aromatic heterocycles. The molecule has 1 fully saturated rings. The molecule has 0 radical (unpaired) electrons. The number of piperidine rings is 1. The minimum Gasteiger partial charge on any atom is -0.497 e. The summed E-state index contributed by atoms with van der Waals surface area (Å²) in [7, 11) is 1.71. The summed E-state index contributed by atoms with van der Waals surface area (Å²) in [5.41, 5.74) is 3.69. The number of ether oxygens (including phenoxy) is 1. The summed E-state index contributed by atoms with van der Waals surface area (Å²) in [5.74, 6) is 3.04. The van der Waals surface area contributed by atoms with Crippen molar-refractivity contribution in [1.82, 2.24) is 9.88 Å². The molecule has 182 valence electrons. The Morgan fingerprint density at radius 2 is 1.94 bits per heavy atom. The van der Waals surface area contributed by atoms with E-state index in [1.54, 1.807) is 7.11 Å². The number of aryl methyl sites for hydroxylation is 2. The van der Waals surface area contributed by atoms with Crippen molar-refractivity contribution >= 4 is 22.7 Å². The van der Waals surface area contributed by atoms with Crippen LogP contribution in [0.25, 0.3) is 10.9 Å². The van der Waals surface area contributed by atoms with E-state index in [-0.39, 0.29) is 0 Å². The van der Waals surface area contributed by atoms with Crippen molar-refractivity contribution in [2.75, 3.05) is 39.1 Å². The Kier molecular flexibility index (Phi) is 9.25. The van der Waals surface area contributed by atoms with Crippen LogP contribution in [0, 0.1) is 18.8 Å². The molecule has 2 aromatic carbocycles. The average molecular weight is 479 g/mol. The van der Waals surface area contributed by atoms with Gasteiger partial charge in [-0.05, 0) is 112 Å². The number of fused-ring (bicyclic) bond motifs is 1. The summed E-state index contributed by atoms with van der Waals surface area (Å²) in [6.45, 7) is 5.76. The van der Waals surface area contributed by atoms with Crippen molar-refractivity contribution in [3.8, 4) is 5.75 Å². The topological polar surface area (TPSA) is 45.6 Å². The lowest BCUT2D eigenvalue weighted by atomic mass is 9.82. The SMILES string of the molecule is COc1ccc2nccc(CCC[C@@H]3CCN(CCCSc4ccc(C)cc4)C[C@@H]3CO)c2c1. The van der Waals surface area contributed by atoms with E-state index in [2.05, 4.69) is 53.2 Å². The van der Waals surface area contributed by atoms with Crippen LogP contribution in [-0.2, 0) is 6.42 Å². The number of likely N-dealkylation sites (tertiary alicyclic amines) is 1. The Bertz CT molecular complexity index is 1040. The number of thioether (sulfide) groups is 1. The highest BCUT2D eigenvalue weighted by Crippen LogP contribution is 2.30. The van der Waals surface area contributed by atoms with Gasteiger partial charge in [0, 0.05) is 29.6 Å². The number of benzene rings is 2. The first-order valence-corrected chi connectivity index (χ1v) is 13.6. The molecular formula is C29H38N2O2S. The molecular weight excluding hydrogens is 440 g/mol. The van der Waals surface area contributed by atoms with Gasteiger partial charge in [-0.25, -0.2) is 0 Å². The molecule has 1 N–H and O–H groups in total. The van der Waals surface area contributed by atoms with Gasteiger partial charge in [0.1, 0.15) is 5.75 Å². The largest absolute Gasteiger partial charge is 0.497 e. The smallest absolute Gasteiger partial charge is 0.119 e. The second kappa shape index (κ2) is 12.6. The zero-order valence-electron chi connectivity index (χ0n) is 20.6. The number of methoxy groups -OCH3 is 1. The molecule has 3 aromatic rings. The standard InChI is InChI=1S/C29H38N2O2S/c1-22-7-10-27(11-8-22)34-18-4-16-31-17-14-23(25(20-31)21-32)5-3-6-24-13-15-30-29-12-9-26(33-2)19-28(24)29/h7-13,15,19,23,25,32H,3-6,14,16-18,20-21H2,1-2H3/t23-,25-/m1/s1. The van der Waals surface area contributed by atoms with Crippen LogP contribution < -0.4 is 4.74 Å². The lowest BCUT2D eigenvalue weighted by molar-refractivity contribution is 0.0677. The predicted octanol–water partition coefficient (Wildman–Crippen LogP) is 5.99. The highest BCUT2D eigenvalue weighted by Gasteiger charge is 2.28. The van der Waals surface area contributed by atoms with Gasteiger partial charge >= 0.3 is 0 Å². The molecule has 5 heteroatoms. The van der Waals surface area contributed by atoms with Crippen molar-refractivity contribution < 1.29 is 9.84 Å². The maximum Gasteiger partial charge on any atom is 0.119 e. The van der Waals surface area contributed by atoms with Gasteiger partial charge in [-0.2, -0.15) is 0 Å². The third-order valence-electron chi connectivity index (χ3n) is 7.18. The molecule has 0 amide bonds. The lowest BCUT2D eigenvalue weighted by Gasteiger charge is -2.38. The number of aromatic nitrogens is 1. The summed E-state index contributed by atoms with van der Waals surface area (Å²) in [5, 5.41) is 11.3. The minimum absolute atomic E-state index is 0.300. The van der Waals surface area contributed by atoms with Crippen LogP contribution in [0.2, 0.25) is 0 Å². The summed E-state index contributed by atoms with van der Waals surface area (Å²) < 4.78 is 5.42. The third kappa shape index (κ3) is 6.74. The van der Waals surface area contributed by atoms with Crippen molar-refractivity contribution in [3.05, 3.63) is 65.9 Å². The molecule has 2 atom stereocenters. The maximum absolute atomic E-state index is 10.1. The van der Waals surface area contributed by atoms with Crippen molar-refractivity contribution in [2.24, 2.45) is 11.8 Å². The monoisotopic (exact) mass is 478 g/mol. The fourth-order valence-corrected chi connectivity index (χ4v) is 5.98. The number of aliphatic hydroxyl groups is 1. The zero-order valence-corrected chi connectivity index (χ0v) is 21.4. The Morgan fingerprint density at radius 3 is 2.74 bits per heavy atom. The van der Waals surface area contributed by atoms with Gasteiger partial charge in [0.05, 0.1) is 12.6 Å². The second-order valence-corrected chi connectivity index (χ2v) is 10.7. The van der Waals surface area contributed by atoms with Gasteiger partial charge < -0.3 is 14.7 Å². The third-order valence-corrected chi connectivity index (χ3v) is 8.28. The minimum atomic E-state index is 0.300. The molecule has 0 spiro atoms. The molecule has 1 aliphatic rings. The molecule has 4 nitrogen and oxygen atoms in total. The van der Waals surface area contributed by atoms with E-state index < -0.39 is 0 Å². The predicted molar refractivity (Wildman–Crippen MR) is 143 cm³/mol. The normalized spacial score (nSPS) is 18.9. The zero-order chi connectivity index (χ0) is 23.8. The summed E-state index contributed by atoms with van der Waals surface area (Å²) in [4.78, 5) is 8.43. The number of aliphatic hydroxyl groups excluding tert-OH is 1. The van der Waals surface area contributed by atoms with Crippen molar-refractivity contribution in [1.29, 1.82) is 0 Å². The van der Waals surface area contributed by atoms with Crippen LogP contribution in [0.4, 0.5) is 0 Å². The average Bonchev–Trinajstić information content (AvgIpc) is 2.88. The van der Waals surface area contributed by atoms with E-state index in [1.807, 2.05) is 30.1 Å². The van der Waals surface area contributed by atoms with E-state index in [9.17, 15) is 5.11 Å². The molecule has 0 bridgehead atoms. The summed E-state index contributed by atoms with van der Waals surface area (Å²) in [6.07, 6.45) is 7.67. The number of pyridine rings is 1. The first-order valence-electron chi connectivity index (χ1n) is 12.6. The van der Waals surface area contributed by atoms with Crippen molar-refractivity contribution in [3.63, 3.8) is 0 Å². The fourth-order valence-electron chi connectivity index (χ4n) is 5.14. The molecule has 0 aliphatic carbocycles. The van der Waals surface area contributed by atoms with Crippen LogP contribution >= 0.6 is 11.8 Å². The summed E-state index contributed by atoms with van der Waals surface area (Å²) >= 11 is 1.95. The molecule has 34 heavy (non-hydrogen) atoms. The van der Waals surface area contributed by atoms with Gasteiger partial charge in [0.2, 0.25) is 0 Å². The van der Waals surface area contributed by atoms with E-state index in [0.717, 1.165) is 49.5 Å². The van der Waals surface area contributed by atoms with Crippen molar-refractivity contribution in [2.45, 2.75) is 43.9 Å².